The molecule has 2 amide bonds. The molecule has 4 rings (SSSR count). The third-order valence-electron chi connectivity index (χ3n) is 6.82. The summed E-state index contributed by atoms with van der Waals surface area (Å²) >= 11 is 0. The molecule has 0 saturated carbocycles. The van der Waals surface area contributed by atoms with E-state index in [1.807, 2.05) is 44.2 Å². The van der Waals surface area contributed by atoms with Crippen LogP contribution >= 0.6 is 0 Å². The van der Waals surface area contributed by atoms with Crippen molar-refractivity contribution in [3.63, 3.8) is 0 Å². The summed E-state index contributed by atoms with van der Waals surface area (Å²) in [7, 11) is 3.32. The number of carbonyl (C=O) groups excluding carboxylic acids is 2. The highest BCUT2D eigenvalue weighted by atomic mass is 16.5. The highest BCUT2D eigenvalue weighted by Crippen LogP contribution is 2.29. The van der Waals surface area contributed by atoms with E-state index in [0.717, 1.165) is 10.6 Å². The van der Waals surface area contributed by atoms with Gasteiger partial charge in [-0.05, 0) is 55.8 Å². The molecule has 3 aromatic rings. The molecular weight excluding hydrogens is 546 g/mol. The number of hydrazine groups is 1. The number of hydrogen-bond acceptors (Lipinski definition) is 9. The van der Waals surface area contributed by atoms with Crippen LogP contribution in [0.15, 0.2) is 89.4 Å². The van der Waals surface area contributed by atoms with E-state index in [0.29, 0.717) is 42.1 Å². The van der Waals surface area contributed by atoms with Crippen molar-refractivity contribution in [1.29, 1.82) is 5.26 Å². The van der Waals surface area contributed by atoms with Crippen LogP contribution in [0.25, 0.3) is 0 Å². The van der Waals surface area contributed by atoms with Crippen LogP contribution in [-0.2, 0) is 6.42 Å². The Morgan fingerprint density at radius 3 is 2.37 bits per heavy atom. The quantitative estimate of drug-likeness (QED) is 0.346. The predicted octanol–water partition coefficient (Wildman–Crippen LogP) is 3.48. The number of ether oxygens (including phenoxy) is 2. The molecule has 1 atom stereocenters. The molecule has 0 fully saturated rings. The van der Waals surface area contributed by atoms with Gasteiger partial charge >= 0.3 is 0 Å². The molecule has 0 bridgehead atoms. The average Bonchev–Trinajstić information content (AvgIpc) is 3.02. The second-order valence-electron chi connectivity index (χ2n) is 9.94. The van der Waals surface area contributed by atoms with Gasteiger partial charge in [-0.25, -0.2) is 15.8 Å². The van der Waals surface area contributed by atoms with E-state index < -0.39 is 6.35 Å². The van der Waals surface area contributed by atoms with Crippen LogP contribution in [0.4, 0.5) is 0 Å². The van der Waals surface area contributed by atoms with Gasteiger partial charge in [0.25, 0.3) is 18.2 Å². The molecule has 43 heavy (non-hydrogen) atoms. The van der Waals surface area contributed by atoms with Gasteiger partial charge in [-0.2, -0.15) is 5.26 Å². The normalized spacial score (nSPS) is 14.5. The highest BCUT2D eigenvalue weighted by Gasteiger charge is 2.32. The molecule has 0 saturated heterocycles. The molecule has 1 unspecified atom stereocenters. The summed E-state index contributed by atoms with van der Waals surface area (Å²) in [6, 6.07) is 22.9. The topological polar surface area (TPSA) is 151 Å². The molecule has 0 radical (unpaired) electrons. The van der Waals surface area contributed by atoms with Crippen molar-refractivity contribution in [3.8, 4) is 17.6 Å². The first kappa shape index (κ1) is 30.6. The van der Waals surface area contributed by atoms with Gasteiger partial charge in [-0.1, -0.05) is 36.4 Å². The third-order valence-corrected chi connectivity index (χ3v) is 6.82. The Morgan fingerprint density at radius 1 is 1.00 bits per heavy atom. The van der Waals surface area contributed by atoms with E-state index in [9.17, 15) is 14.9 Å². The van der Waals surface area contributed by atoms with Crippen molar-refractivity contribution < 1.29 is 19.1 Å². The SMILES string of the molecule is CCN(CC)C(=O)c1ccc(C#N)cc1OC1N=C(Cc2ccccc2)C(N)=C(Oc2cccc(C(=O)N(C)C)c2)N1N. The van der Waals surface area contributed by atoms with Crippen LogP contribution in [-0.4, -0.2) is 65.9 Å². The molecule has 11 heteroatoms. The smallest absolute Gasteiger partial charge is 0.286 e. The molecular formula is C32H35N7O4. The Labute approximate surface area is 251 Å². The Bertz CT molecular complexity index is 1590. The van der Waals surface area contributed by atoms with Crippen LogP contribution in [0.3, 0.4) is 0 Å². The maximum atomic E-state index is 13.3. The summed E-state index contributed by atoms with van der Waals surface area (Å²) in [5.74, 6) is 6.58. The van der Waals surface area contributed by atoms with Crippen LogP contribution in [0.1, 0.15) is 45.7 Å². The molecule has 0 aromatic heterocycles. The molecule has 1 aliphatic heterocycles. The lowest BCUT2D eigenvalue weighted by Gasteiger charge is -2.33. The average molecular weight is 582 g/mol. The Balaban J connectivity index is 1.75. The van der Waals surface area contributed by atoms with Gasteiger partial charge in [0, 0.05) is 39.2 Å². The monoisotopic (exact) mass is 581 g/mol. The maximum absolute atomic E-state index is 13.3. The summed E-state index contributed by atoms with van der Waals surface area (Å²) in [5, 5.41) is 10.7. The first-order chi connectivity index (χ1) is 20.7. The van der Waals surface area contributed by atoms with Crippen molar-refractivity contribution in [2.45, 2.75) is 26.6 Å². The molecule has 0 aliphatic carbocycles. The fraction of sp³-hybridized carbons (Fsp3) is 0.250. The van der Waals surface area contributed by atoms with Crippen LogP contribution < -0.4 is 21.1 Å². The third kappa shape index (κ3) is 6.94. The van der Waals surface area contributed by atoms with Crippen molar-refractivity contribution in [3.05, 3.63) is 107 Å². The zero-order chi connectivity index (χ0) is 31.1. The minimum absolute atomic E-state index is 0.0495. The van der Waals surface area contributed by atoms with Crippen molar-refractivity contribution in [1.82, 2.24) is 14.8 Å². The first-order valence-corrected chi connectivity index (χ1v) is 13.8. The van der Waals surface area contributed by atoms with Gasteiger partial charge < -0.3 is 25.0 Å². The lowest BCUT2D eigenvalue weighted by molar-refractivity contribution is 0.0216. The van der Waals surface area contributed by atoms with Gasteiger partial charge in [0.1, 0.15) is 17.2 Å². The highest BCUT2D eigenvalue weighted by molar-refractivity contribution is 6.02. The van der Waals surface area contributed by atoms with Crippen LogP contribution in [0.5, 0.6) is 11.5 Å². The molecule has 4 N–H and O–H groups in total. The minimum Gasteiger partial charge on any atom is -0.448 e. The van der Waals surface area contributed by atoms with Crippen LogP contribution in [0, 0.1) is 11.3 Å². The van der Waals surface area contributed by atoms with Gasteiger partial charge in [-0.3, -0.25) is 9.59 Å². The second kappa shape index (κ2) is 13.5. The summed E-state index contributed by atoms with van der Waals surface area (Å²) in [5.41, 5.74) is 9.12. The van der Waals surface area contributed by atoms with Crippen molar-refractivity contribution in [2.75, 3.05) is 27.2 Å². The molecule has 11 nitrogen and oxygen atoms in total. The Morgan fingerprint density at radius 2 is 1.72 bits per heavy atom. The predicted molar refractivity (Wildman–Crippen MR) is 163 cm³/mol. The zero-order valence-electron chi connectivity index (χ0n) is 24.7. The fourth-order valence-electron chi connectivity index (χ4n) is 4.47. The lowest BCUT2D eigenvalue weighted by Crippen LogP contribution is -2.50. The van der Waals surface area contributed by atoms with E-state index in [-0.39, 0.29) is 34.7 Å². The summed E-state index contributed by atoms with van der Waals surface area (Å²) in [6.07, 6.45) is -0.861. The van der Waals surface area contributed by atoms with E-state index in [1.54, 1.807) is 55.4 Å². The fourth-order valence-corrected chi connectivity index (χ4v) is 4.47. The van der Waals surface area contributed by atoms with Gasteiger partial charge in [0.2, 0.25) is 5.88 Å². The number of aliphatic imine (C=N–C) groups is 1. The van der Waals surface area contributed by atoms with Gasteiger partial charge in [-0.15, -0.1) is 0 Å². The molecule has 0 spiro atoms. The number of carbonyl (C=O) groups is 2. The number of hydrogen-bond donors (Lipinski definition) is 2. The van der Waals surface area contributed by atoms with Crippen LogP contribution in [0.2, 0.25) is 0 Å². The van der Waals surface area contributed by atoms with E-state index >= 15 is 0 Å². The maximum Gasteiger partial charge on any atom is 0.286 e. The Kier molecular flexibility index (Phi) is 9.65. The number of allylic oxidation sites excluding steroid dienone is 1. The second-order valence-corrected chi connectivity index (χ2v) is 9.94. The molecule has 3 aromatic carbocycles. The number of benzene rings is 3. The lowest BCUT2D eigenvalue weighted by atomic mass is 10.1. The number of nitrogens with two attached hydrogens (primary N) is 2. The number of nitrogens with zero attached hydrogens (tertiary/aromatic N) is 5. The molecule has 1 aliphatic rings. The first-order valence-electron chi connectivity index (χ1n) is 13.8. The minimum atomic E-state index is -1.20. The number of nitriles is 1. The Hall–Kier alpha value is -5.34. The van der Waals surface area contributed by atoms with Crippen molar-refractivity contribution >= 4 is 17.5 Å². The molecule has 1 heterocycles. The van der Waals surface area contributed by atoms with Crippen molar-refractivity contribution in [2.24, 2.45) is 16.6 Å². The summed E-state index contributed by atoms with van der Waals surface area (Å²) < 4.78 is 12.4. The molecule has 222 valence electrons. The van der Waals surface area contributed by atoms with Gasteiger partial charge in [0.05, 0.1) is 22.9 Å². The summed E-state index contributed by atoms with van der Waals surface area (Å²) in [6.45, 7) is 4.75. The van der Waals surface area contributed by atoms with Gasteiger partial charge in [0.15, 0.2) is 0 Å². The van der Waals surface area contributed by atoms with E-state index in [1.165, 1.54) is 11.0 Å². The number of amides is 2. The number of rotatable bonds is 10. The largest absolute Gasteiger partial charge is 0.448 e. The standard InChI is InChI=1S/C32H35N7O4/c1-5-38(6-2)30(41)25-16-15-22(20-33)18-27(25)43-32-36-26(17-21-11-8-7-9-12-21)28(34)31(39(32)35)42-24-14-10-13-23(19-24)29(40)37(3)4/h7-16,18-19,32H,5-6,17,34-35H2,1-4H3. The van der Waals surface area contributed by atoms with E-state index in [4.69, 9.17) is 26.0 Å². The zero-order valence-corrected chi connectivity index (χ0v) is 24.7. The van der Waals surface area contributed by atoms with E-state index in [2.05, 4.69) is 6.07 Å². The summed E-state index contributed by atoms with van der Waals surface area (Å²) in [4.78, 5) is 33.7.